The Morgan fingerprint density at radius 2 is 1.79 bits per heavy atom. The van der Waals surface area contributed by atoms with E-state index >= 15 is 0 Å². The van der Waals surface area contributed by atoms with Crippen molar-refractivity contribution < 1.29 is 31.5 Å². The van der Waals surface area contributed by atoms with Gasteiger partial charge in [0.05, 0.1) is 21.8 Å². The van der Waals surface area contributed by atoms with Crippen LogP contribution in [-0.2, 0) is 6.18 Å². The summed E-state index contributed by atoms with van der Waals surface area (Å²) in [6.07, 6.45) is -4.29. The van der Waals surface area contributed by atoms with Crippen molar-refractivity contribution in [1.29, 1.82) is 0 Å². The predicted molar refractivity (Wildman–Crippen MR) is 91.5 cm³/mol. The summed E-state index contributed by atoms with van der Waals surface area (Å²) in [5.74, 6) is -3.08. The SMILES string of the molecule is O=Cc1ccc(-c2cccc(F)c2F)nc1Oc1cc(C(F)(F)F)ccc1Cl. The van der Waals surface area contributed by atoms with E-state index in [1.54, 1.807) is 0 Å². The molecule has 2 aromatic carbocycles. The van der Waals surface area contributed by atoms with Gasteiger partial charge in [-0.05, 0) is 42.5 Å². The van der Waals surface area contributed by atoms with E-state index in [9.17, 15) is 26.7 Å². The number of halogens is 6. The number of carbonyl (C=O) groups is 1. The molecule has 9 heteroatoms. The first-order valence-electron chi connectivity index (χ1n) is 7.66. The molecule has 0 radical (unpaired) electrons. The van der Waals surface area contributed by atoms with E-state index in [-0.39, 0.29) is 21.8 Å². The number of nitrogens with zero attached hydrogens (tertiary/aromatic N) is 1. The van der Waals surface area contributed by atoms with Crippen molar-refractivity contribution in [2.75, 3.05) is 0 Å². The molecule has 1 heterocycles. The number of carbonyl (C=O) groups excluding carboxylic acids is 1. The summed E-state index contributed by atoms with van der Waals surface area (Å²) in [5.41, 5.74) is -1.43. The molecule has 0 aliphatic rings. The Kier molecular flexibility index (Phi) is 5.33. The molecule has 0 unspecified atom stereocenters. The van der Waals surface area contributed by atoms with Crippen LogP contribution in [-0.4, -0.2) is 11.3 Å². The van der Waals surface area contributed by atoms with Gasteiger partial charge in [-0.3, -0.25) is 4.79 Å². The Labute approximate surface area is 160 Å². The monoisotopic (exact) mass is 413 g/mol. The summed E-state index contributed by atoms with van der Waals surface area (Å²) < 4.78 is 71.5. The van der Waals surface area contributed by atoms with Crippen LogP contribution in [0, 0.1) is 11.6 Å². The van der Waals surface area contributed by atoms with Crippen molar-refractivity contribution in [1.82, 2.24) is 4.98 Å². The van der Waals surface area contributed by atoms with Crippen molar-refractivity contribution >= 4 is 17.9 Å². The Morgan fingerprint density at radius 1 is 1.04 bits per heavy atom. The lowest BCUT2D eigenvalue weighted by atomic mass is 10.1. The topological polar surface area (TPSA) is 39.2 Å². The molecule has 0 saturated carbocycles. The molecule has 28 heavy (non-hydrogen) atoms. The number of rotatable bonds is 4. The van der Waals surface area contributed by atoms with Gasteiger partial charge in [0, 0.05) is 5.56 Å². The van der Waals surface area contributed by atoms with Gasteiger partial charge in [-0.1, -0.05) is 17.7 Å². The number of hydrogen-bond acceptors (Lipinski definition) is 3. The molecule has 0 fully saturated rings. The van der Waals surface area contributed by atoms with Gasteiger partial charge < -0.3 is 4.74 Å². The molecule has 0 spiro atoms. The van der Waals surface area contributed by atoms with E-state index in [1.165, 1.54) is 24.3 Å². The van der Waals surface area contributed by atoms with E-state index in [1.807, 2.05) is 0 Å². The van der Waals surface area contributed by atoms with Gasteiger partial charge in [-0.25, -0.2) is 13.8 Å². The van der Waals surface area contributed by atoms with Gasteiger partial charge in [0.25, 0.3) is 0 Å². The third-order valence-corrected chi connectivity index (χ3v) is 4.02. The minimum Gasteiger partial charge on any atom is -0.437 e. The lowest BCUT2D eigenvalue weighted by Gasteiger charge is -2.13. The molecule has 0 aliphatic heterocycles. The van der Waals surface area contributed by atoms with E-state index < -0.39 is 35.0 Å². The number of benzene rings is 2. The van der Waals surface area contributed by atoms with Crippen LogP contribution in [0.5, 0.6) is 11.6 Å². The Hall–Kier alpha value is -3.00. The van der Waals surface area contributed by atoms with Crippen molar-refractivity contribution in [3.05, 3.63) is 76.3 Å². The van der Waals surface area contributed by atoms with Crippen LogP contribution in [0.4, 0.5) is 22.0 Å². The smallest absolute Gasteiger partial charge is 0.416 e. The molecular formula is C19H9ClF5NO2. The van der Waals surface area contributed by atoms with E-state index in [2.05, 4.69) is 4.98 Å². The number of aldehydes is 1. The normalized spacial score (nSPS) is 11.4. The number of ether oxygens (including phenoxy) is 1. The van der Waals surface area contributed by atoms with E-state index in [0.29, 0.717) is 12.4 Å². The van der Waals surface area contributed by atoms with Crippen molar-refractivity contribution in [2.45, 2.75) is 6.18 Å². The minimum absolute atomic E-state index is 0.0827. The zero-order valence-corrected chi connectivity index (χ0v) is 14.5. The largest absolute Gasteiger partial charge is 0.437 e. The number of hydrogen-bond donors (Lipinski definition) is 0. The van der Waals surface area contributed by atoms with Crippen LogP contribution in [0.3, 0.4) is 0 Å². The summed E-state index contributed by atoms with van der Waals surface area (Å²) in [7, 11) is 0. The molecule has 3 rings (SSSR count). The highest BCUT2D eigenvalue weighted by atomic mass is 35.5. The summed E-state index contributed by atoms with van der Waals surface area (Å²) in [4.78, 5) is 15.2. The first kappa shape index (κ1) is 19.8. The standard InChI is InChI=1S/C19H9ClF5NO2/c20-13-6-5-11(19(23,24)25)8-16(13)28-18-10(9-27)4-7-15(26-18)12-2-1-3-14(21)17(12)22/h1-9H. The maximum Gasteiger partial charge on any atom is 0.416 e. The lowest BCUT2D eigenvalue weighted by Crippen LogP contribution is -2.05. The van der Waals surface area contributed by atoms with Crippen LogP contribution in [0.2, 0.25) is 5.02 Å². The minimum atomic E-state index is -4.64. The third kappa shape index (κ3) is 3.96. The maximum atomic E-state index is 14.0. The Balaban J connectivity index is 2.07. The molecule has 3 nitrogen and oxygen atoms in total. The first-order valence-corrected chi connectivity index (χ1v) is 8.03. The second-order valence-electron chi connectivity index (χ2n) is 5.56. The summed E-state index contributed by atoms with van der Waals surface area (Å²) in [5, 5.41) is -0.158. The first-order chi connectivity index (χ1) is 13.2. The average Bonchev–Trinajstić information content (AvgIpc) is 2.65. The summed E-state index contributed by atoms with van der Waals surface area (Å²) in [6.45, 7) is 0. The molecule has 144 valence electrons. The second kappa shape index (κ2) is 7.55. The fourth-order valence-electron chi connectivity index (χ4n) is 2.34. The second-order valence-corrected chi connectivity index (χ2v) is 5.96. The van der Waals surface area contributed by atoms with Gasteiger partial charge in [-0.15, -0.1) is 0 Å². The van der Waals surface area contributed by atoms with Gasteiger partial charge in [0.2, 0.25) is 5.88 Å². The average molecular weight is 414 g/mol. The van der Waals surface area contributed by atoms with E-state index in [4.69, 9.17) is 16.3 Å². The third-order valence-electron chi connectivity index (χ3n) is 3.71. The van der Waals surface area contributed by atoms with E-state index in [0.717, 1.165) is 18.2 Å². The zero-order chi connectivity index (χ0) is 20.5. The van der Waals surface area contributed by atoms with Gasteiger partial charge in [0.1, 0.15) is 5.75 Å². The zero-order valence-electron chi connectivity index (χ0n) is 13.7. The van der Waals surface area contributed by atoms with Gasteiger partial charge in [-0.2, -0.15) is 13.2 Å². The Morgan fingerprint density at radius 3 is 2.46 bits per heavy atom. The summed E-state index contributed by atoms with van der Waals surface area (Å²) in [6, 6.07) is 8.29. The lowest BCUT2D eigenvalue weighted by molar-refractivity contribution is -0.137. The predicted octanol–water partition coefficient (Wildman–Crippen LogP) is 6.30. The van der Waals surface area contributed by atoms with Crippen molar-refractivity contribution in [3.8, 4) is 22.9 Å². The molecule has 0 bridgehead atoms. The van der Waals surface area contributed by atoms with Gasteiger partial charge in [0.15, 0.2) is 17.9 Å². The number of alkyl halides is 3. The molecule has 0 amide bonds. The molecule has 0 saturated heterocycles. The highest BCUT2D eigenvalue weighted by Gasteiger charge is 2.31. The Bertz CT molecular complexity index is 1050. The van der Waals surface area contributed by atoms with Crippen molar-refractivity contribution in [2.24, 2.45) is 0 Å². The van der Waals surface area contributed by atoms with Crippen LogP contribution in [0.25, 0.3) is 11.3 Å². The van der Waals surface area contributed by atoms with Crippen molar-refractivity contribution in [3.63, 3.8) is 0 Å². The van der Waals surface area contributed by atoms with Crippen LogP contribution in [0.15, 0.2) is 48.5 Å². The summed E-state index contributed by atoms with van der Waals surface area (Å²) >= 11 is 5.88. The maximum absolute atomic E-state index is 14.0. The van der Waals surface area contributed by atoms with Crippen LogP contribution < -0.4 is 4.74 Å². The van der Waals surface area contributed by atoms with Crippen LogP contribution in [0.1, 0.15) is 15.9 Å². The molecule has 0 N–H and O–H groups in total. The highest BCUT2D eigenvalue weighted by Crippen LogP contribution is 2.37. The molecule has 3 aromatic rings. The molecule has 0 atom stereocenters. The molecule has 0 aliphatic carbocycles. The highest BCUT2D eigenvalue weighted by molar-refractivity contribution is 6.32. The van der Waals surface area contributed by atoms with Crippen LogP contribution >= 0.6 is 11.6 Å². The number of pyridine rings is 1. The fourth-order valence-corrected chi connectivity index (χ4v) is 2.49. The quantitative estimate of drug-likeness (QED) is 0.372. The fraction of sp³-hybridized carbons (Fsp3) is 0.0526. The molecule has 1 aromatic heterocycles. The molecular weight excluding hydrogens is 405 g/mol. The number of aromatic nitrogens is 1. The van der Waals surface area contributed by atoms with Gasteiger partial charge >= 0.3 is 6.18 Å².